The first-order valence-electron chi connectivity index (χ1n) is 8.29. The Bertz CT molecular complexity index is 745. The predicted octanol–water partition coefficient (Wildman–Crippen LogP) is 3.30. The first kappa shape index (κ1) is 18.4. The average molecular weight is 336 g/mol. The van der Waals surface area contributed by atoms with Gasteiger partial charge >= 0.3 is 0 Å². The Kier molecular flexibility index (Phi) is 6.91. The van der Waals surface area contributed by atoms with Crippen LogP contribution in [0.3, 0.4) is 0 Å². The van der Waals surface area contributed by atoms with Crippen LogP contribution in [0.5, 0.6) is 5.75 Å². The summed E-state index contributed by atoms with van der Waals surface area (Å²) in [5.41, 5.74) is 4.22. The van der Waals surface area contributed by atoms with E-state index >= 15 is 0 Å². The van der Waals surface area contributed by atoms with E-state index < -0.39 is 0 Å². The van der Waals surface area contributed by atoms with Crippen LogP contribution in [0, 0.1) is 19.3 Å². The van der Waals surface area contributed by atoms with Gasteiger partial charge in [0.15, 0.2) is 0 Å². The fourth-order valence-corrected chi connectivity index (χ4v) is 2.44. The minimum atomic E-state index is 0.0362. The Morgan fingerprint density at radius 1 is 1.16 bits per heavy atom. The topological polar surface area (TPSA) is 50.4 Å². The Labute approximate surface area is 149 Å². The fourth-order valence-electron chi connectivity index (χ4n) is 2.44. The molecule has 0 radical (unpaired) electrons. The van der Waals surface area contributed by atoms with Gasteiger partial charge in [-0.1, -0.05) is 41.8 Å². The first-order valence-corrected chi connectivity index (χ1v) is 8.29. The standard InChI is InChI=1S/C21H24N2O2/c1-4-13-22-19-11-9-17(14-20(19)25-3)10-12-21(24)23-15-18-7-5-16(2)6-8-18/h1,5-9,11,14,22H,10,12-13,15H2,2-3H3,(H,23,24). The molecule has 0 aromatic heterocycles. The van der Waals surface area contributed by atoms with E-state index in [4.69, 9.17) is 11.2 Å². The Hall–Kier alpha value is -2.93. The zero-order valence-corrected chi connectivity index (χ0v) is 14.8. The molecule has 0 aliphatic carbocycles. The Balaban J connectivity index is 1.84. The van der Waals surface area contributed by atoms with Gasteiger partial charge in [-0.25, -0.2) is 0 Å². The number of hydrogen-bond acceptors (Lipinski definition) is 3. The number of benzene rings is 2. The Morgan fingerprint density at radius 2 is 1.88 bits per heavy atom. The summed E-state index contributed by atoms with van der Waals surface area (Å²) in [6.07, 6.45) is 6.35. The molecule has 25 heavy (non-hydrogen) atoms. The summed E-state index contributed by atoms with van der Waals surface area (Å²) in [5, 5.41) is 6.06. The van der Waals surface area contributed by atoms with E-state index in [0.29, 0.717) is 25.9 Å². The lowest BCUT2D eigenvalue weighted by molar-refractivity contribution is -0.121. The van der Waals surface area contributed by atoms with Crippen molar-refractivity contribution in [2.75, 3.05) is 19.0 Å². The highest BCUT2D eigenvalue weighted by Gasteiger charge is 2.06. The van der Waals surface area contributed by atoms with Crippen LogP contribution in [0.15, 0.2) is 42.5 Å². The van der Waals surface area contributed by atoms with Crippen molar-refractivity contribution in [3.8, 4) is 18.1 Å². The molecule has 0 heterocycles. The van der Waals surface area contributed by atoms with Gasteiger partial charge in [-0.2, -0.15) is 0 Å². The summed E-state index contributed by atoms with van der Waals surface area (Å²) in [6, 6.07) is 14.0. The maximum Gasteiger partial charge on any atom is 0.220 e. The van der Waals surface area contributed by atoms with Gasteiger partial charge in [-0.15, -0.1) is 6.42 Å². The molecular formula is C21H24N2O2. The van der Waals surface area contributed by atoms with Crippen LogP contribution in [0.1, 0.15) is 23.1 Å². The zero-order chi connectivity index (χ0) is 18.1. The number of nitrogens with one attached hydrogen (secondary N) is 2. The molecule has 2 aromatic carbocycles. The second kappa shape index (κ2) is 9.39. The van der Waals surface area contributed by atoms with Crippen molar-refractivity contribution < 1.29 is 9.53 Å². The molecule has 4 nitrogen and oxygen atoms in total. The molecule has 0 bridgehead atoms. The molecule has 0 saturated heterocycles. The largest absolute Gasteiger partial charge is 0.495 e. The summed E-state index contributed by atoms with van der Waals surface area (Å²) < 4.78 is 5.37. The number of aryl methyl sites for hydroxylation is 2. The molecule has 0 fully saturated rings. The van der Waals surface area contributed by atoms with Crippen LogP contribution >= 0.6 is 0 Å². The summed E-state index contributed by atoms with van der Waals surface area (Å²) in [6.45, 7) is 3.04. The molecule has 130 valence electrons. The molecule has 0 atom stereocenters. The van der Waals surface area contributed by atoms with Gasteiger partial charge in [0.2, 0.25) is 5.91 Å². The summed E-state index contributed by atoms with van der Waals surface area (Å²) in [7, 11) is 1.62. The molecule has 0 spiro atoms. The van der Waals surface area contributed by atoms with E-state index in [2.05, 4.69) is 16.6 Å². The summed E-state index contributed by atoms with van der Waals surface area (Å²) in [4.78, 5) is 12.0. The van der Waals surface area contributed by atoms with Crippen LogP contribution in [0.25, 0.3) is 0 Å². The normalized spacial score (nSPS) is 9.96. The minimum Gasteiger partial charge on any atom is -0.495 e. The number of ether oxygens (including phenoxy) is 1. The van der Waals surface area contributed by atoms with Crippen molar-refractivity contribution in [3.05, 3.63) is 59.2 Å². The molecule has 1 amide bonds. The third-order valence-electron chi connectivity index (χ3n) is 3.90. The first-order chi connectivity index (χ1) is 12.1. The van der Waals surface area contributed by atoms with E-state index in [1.165, 1.54) is 5.56 Å². The van der Waals surface area contributed by atoms with Crippen LogP contribution in [-0.4, -0.2) is 19.6 Å². The van der Waals surface area contributed by atoms with Gasteiger partial charge in [0.1, 0.15) is 5.75 Å². The van der Waals surface area contributed by atoms with Crippen molar-refractivity contribution in [3.63, 3.8) is 0 Å². The SMILES string of the molecule is C#CCNc1ccc(CCC(=O)NCc2ccc(C)cc2)cc1OC. The van der Waals surface area contributed by atoms with Gasteiger partial charge in [0, 0.05) is 13.0 Å². The number of carbonyl (C=O) groups is 1. The highest BCUT2D eigenvalue weighted by molar-refractivity contribution is 5.76. The molecule has 0 aliphatic rings. The van der Waals surface area contributed by atoms with Crippen molar-refractivity contribution in [1.82, 2.24) is 5.32 Å². The van der Waals surface area contributed by atoms with Gasteiger partial charge in [-0.05, 0) is 36.6 Å². The average Bonchev–Trinajstić information content (AvgIpc) is 2.64. The number of terminal acetylenes is 1. The Morgan fingerprint density at radius 3 is 2.56 bits per heavy atom. The molecular weight excluding hydrogens is 312 g/mol. The molecule has 4 heteroatoms. The van der Waals surface area contributed by atoms with Crippen LogP contribution in [-0.2, 0) is 17.8 Å². The number of carbonyl (C=O) groups excluding carboxylic acids is 1. The number of anilines is 1. The van der Waals surface area contributed by atoms with Crippen LogP contribution in [0.4, 0.5) is 5.69 Å². The molecule has 0 saturated carbocycles. The lowest BCUT2D eigenvalue weighted by Crippen LogP contribution is -2.23. The fraction of sp³-hybridized carbons (Fsp3) is 0.286. The maximum atomic E-state index is 12.0. The quantitative estimate of drug-likeness (QED) is 0.727. The van der Waals surface area contributed by atoms with E-state index in [-0.39, 0.29) is 5.91 Å². The summed E-state index contributed by atoms with van der Waals surface area (Å²) in [5.74, 6) is 3.30. The predicted molar refractivity (Wildman–Crippen MR) is 102 cm³/mol. The number of amides is 1. The van der Waals surface area contributed by atoms with E-state index in [1.54, 1.807) is 7.11 Å². The minimum absolute atomic E-state index is 0.0362. The van der Waals surface area contributed by atoms with Crippen molar-refractivity contribution >= 4 is 11.6 Å². The van der Waals surface area contributed by atoms with Gasteiger partial charge in [0.25, 0.3) is 0 Å². The van der Waals surface area contributed by atoms with Crippen LogP contribution in [0.2, 0.25) is 0 Å². The lowest BCUT2D eigenvalue weighted by Gasteiger charge is -2.11. The lowest BCUT2D eigenvalue weighted by atomic mass is 10.1. The highest BCUT2D eigenvalue weighted by atomic mass is 16.5. The molecule has 0 unspecified atom stereocenters. The van der Waals surface area contributed by atoms with Gasteiger partial charge < -0.3 is 15.4 Å². The van der Waals surface area contributed by atoms with Crippen LogP contribution < -0.4 is 15.4 Å². The number of methoxy groups -OCH3 is 1. The number of rotatable bonds is 8. The molecule has 2 aromatic rings. The van der Waals surface area contributed by atoms with Crippen molar-refractivity contribution in [1.29, 1.82) is 0 Å². The monoisotopic (exact) mass is 336 g/mol. The zero-order valence-electron chi connectivity index (χ0n) is 14.8. The third-order valence-corrected chi connectivity index (χ3v) is 3.90. The van der Waals surface area contributed by atoms with E-state index in [1.807, 2.05) is 49.4 Å². The summed E-state index contributed by atoms with van der Waals surface area (Å²) >= 11 is 0. The van der Waals surface area contributed by atoms with Gasteiger partial charge in [-0.3, -0.25) is 4.79 Å². The maximum absolute atomic E-state index is 12.0. The smallest absolute Gasteiger partial charge is 0.220 e. The molecule has 2 N–H and O–H groups in total. The molecule has 0 aliphatic heterocycles. The highest BCUT2D eigenvalue weighted by Crippen LogP contribution is 2.25. The molecule has 2 rings (SSSR count). The van der Waals surface area contributed by atoms with Crippen molar-refractivity contribution in [2.45, 2.75) is 26.3 Å². The number of hydrogen-bond donors (Lipinski definition) is 2. The second-order valence-electron chi connectivity index (χ2n) is 5.85. The van der Waals surface area contributed by atoms with Gasteiger partial charge in [0.05, 0.1) is 19.3 Å². The second-order valence-corrected chi connectivity index (χ2v) is 5.85. The third kappa shape index (κ3) is 5.89. The van der Waals surface area contributed by atoms with E-state index in [0.717, 1.165) is 22.6 Å². The van der Waals surface area contributed by atoms with Crippen molar-refractivity contribution in [2.24, 2.45) is 0 Å². The van der Waals surface area contributed by atoms with E-state index in [9.17, 15) is 4.79 Å².